The third kappa shape index (κ3) is 1.90. The zero-order valence-electron chi connectivity index (χ0n) is 8.51. The first-order valence-electron chi connectivity index (χ1n) is 4.92. The largest absolute Gasteiger partial charge is 0.399 e. The Morgan fingerprint density at radius 3 is 3.13 bits per heavy atom. The molecule has 1 aromatic rings. The van der Waals surface area contributed by atoms with Crippen molar-refractivity contribution >= 4 is 5.71 Å². The van der Waals surface area contributed by atoms with Gasteiger partial charge in [0.25, 0.3) is 0 Å². The summed E-state index contributed by atoms with van der Waals surface area (Å²) in [5.41, 5.74) is 0.561. The third-order valence-corrected chi connectivity index (χ3v) is 2.54. The second-order valence-corrected chi connectivity index (χ2v) is 3.48. The molecule has 0 amide bonds. The van der Waals surface area contributed by atoms with E-state index in [1.165, 1.54) is 11.8 Å². The Bertz CT molecular complexity index is 407. The lowest BCUT2D eigenvalue weighted by molar-refractivity contribution is 0.207. The Morgan fingerprint density at radius 1 is 1.60 bits per heavy atom. The molecular weight excluding hydrogens is 198 g/mol. The minimum absolute atomic E-state index is 0.107. The molecular formula is C8H13N5O2. The minimum atomic E-state index is -0.300. The van der Waals surface area contributed by atoms with Crippen molar-refractivity contribution in [2.24, 2.45) is 5.16 Å². The van der Waals surface area contributed by atoms with Crippen molar-refractivity contribution in [1.82, 2.24) is 20.2 Å². The van der Waals surface area contributed by atoms with Crippen molar-refractivity contribution in [2.75, 3.05) is 7.11 Å². The molecule has 0 aliphatic heterocycles. The molecule has 1 saturated carbocycles. The normalized spacial score (nSPS) is 24.3. The number of oxime groups is 1. The van der Waals surface area contributed by atoms with E-state index in [9.17, 15) is 4.79 Å². The van der Waals surface area contributed by atoms with E-state index in [1.807, 2.05) is 0 Å². The Kier molecular flexibility index (Phi) is 2.79. The molecule has 7 nitrogen and oxygen atoms in total. The molecule has 1 atom stereocenters. The molecule has 1 unspecified atom stereocenters. The number of hydrogen-bond acceptors (Lipinski definition) is 5. The van der Waals surface area contributed by atoms with Crippen LogP contribution in [-0.4, -0.2) is 33.0 Å². The summed E-state index contributed by atoms with van der Waals surface area (Å²) in [6, 6.07) is -0.107. The van der Waals surface area contributed by atoms with Gasteiger partial charge in [0.2, 0.25) is 0 Å². The van der Waals surface area contributed by atoms with Gasteiger partial charge in [-0.3, -0.25) is 0 Å². The Labute approximate surface area is 86.1 Å². The third-order valence-electron chi connectivity index (χ3n) is 2.54. The second-order valence-electron chi connectivity index (χ2n) is 3.48. The molecule has 7 heteroatoms. The van der Waals surface area contributed by atoms with Crippen LogP contribution in [0, 0.1) is 0 Å². The lowest BCUT2D eigenvalue weighted by Gasteiger charge is -2.21. The molecule has 82 valence electrons. The monoisotopic (exact) mass is 211 g/mol. The average molecular weight is 211 g/mol. The zero-order chi connectivity index (χ0) is 10.7. The van der Waals surface area contributed by atoms with E-state index >= 15 is 0 Å². The Balaban J connectivity index is 2.30. The molecule has 1 aromatic heterocycles. The topological polar surface area (TPSA) is 85.2 Å². The minimum Gasteiger partial charge on any atom is -0.399 e. The second kappa shape index (κ2) is 4.24. The van der Waals surface area contributed by atoms with Gasteiger partial charge < -0.3 is 4.84 Å². The summed E-state index contributed by atoms with van der Waals surface area (Å²) in [7, 11) is 1.50. The highest BCUT2D eigenvalue weighted by Gasteiger charge is 2.25. The zero-order valence-corrected chi connectivity index (χ0v) is 8.51. The molecule has 1 aliphatic carbocycles. The van der Waals surface area contributed by atoms with Gasteiger partial charge in [0.1, 0.15) is 13.2 Å². The quantitative estimate of drug-likeness (QED) is 0.702. The van der Waals surface area contributed by atoms with Crippen LogP contribution in [0.25, 0.3) is 0 Å². The van der Waals surface area contributed by atoms with Crippen LogP contribution in [0.15, 0.2) is 9.95 Å². The van der Waals surface area contributed by atoms with Gasteiger partial charge in [0.15, 0.2) is 0 Å². The van der Waals surface area contributed by atoms with Crippen molar-refractivity contribution in [2.45, 2.75) is 31.7 Å². The molecule has 1 N–H and O–H groups in total. The van der Waals surface area contributed by atoms with Crippen molar-refractivity contribution in [3.8, 4) is 0 Å². The molecule has 15 heavy (non-hydrogen) atoms. The van der Waals surface area contributed by atoms with Gasteiger partial charge in [-0.05, 0) is 29.7 Å². The van der Waals surface area contributed by atoms with Crippen LogP contribution in [0.5, 0.6) is 0 Å². The molecule has 0 aromatic carbocycles. The lowest BCUT2D eigenvalue weighted by atomic mass is 9.93. The van der Waals surface area contributed by atoms with Crippen molar-refractivity contribution in [3.63, 3.8) is 0 Å². The van der Waals surface area contributed by atoms with E-state index in [0.29, 0.717) is 0 Å². The van der Waals surface area contributed by atoms with E-state index in [-0.39, 0.29) is 11.7 Å². The summed E-state index contributed by atoms with van der Waals surface area (Å²) in [5.74, 6) is 0. The first kappa shape index (κ1) is 9.88. The van der Waals surface area contributed by atoms with Crippen LogP contribution in [0.4, 0.5) is 0 Å². The highest BCUT2D eigenvalue weighted by atomic mass is 16.6. The summed E-state index contributed by atoms with van der Waals surface area (Å²) in [6.45, 7) is 0. The molecule has 2 rings (SSSR count). The standard InChI is InChI=1S/C8H13N5O2/c1-15-10-6-4-2-3-5-7(6)13-8(14)9-11-12-13/h7H,2-5H2,1H3,(H,9,12,14). The summed E-state index contributed by atoms with van der Waals surface area (Å²) in [5, 5.41) is 13.4. The maximum Gasteiger partial charge on any atom is 0.361 e. The highest BCUT2D eigenvalue weighted by Crippen LogP contribution is 2.24. The average Bonchev–Trinajstić information content (AvgIpc) is 2.66. The van der Waals surface area contributed by atoms with E-state index < -0.39 is 0 Å². The fourth-order valence-corrected chi connectivity index (χ4v) is 1.87. The number of tetrazole rings is 1. The lowest BCUT2D eigenvalue weighted by Crippen LogP contribution is -2.31. The van der Waals surface area contributed by atoms with Crippen LogP contribution in [0.2, 0.25) is 0 Å². The molecule has 0 bridgehead atoms. The predicted molar refractivity (Wildman–Crippen MR) is 52.6 cm³/mol. The van der Waals surface area contributed by atoms with Crippen molar-refractivity contribution < 1.29 is 4.84 Å². The van der Waals surface area contributed by atoms with Crippen LogP contribution in [0.1, 0.15) is 31.7 Å². The fourth-order valence-electron chi connectivity index (χ4n) is 1.87. The molecule has 0 saturated heterocycles. The van der Waals surface area contributed by atoms with Crippen molar-refractivity contribution in [1.29, 1.82) is 0 Å². The number of rotatable bonds is 2. The number of aromatic amines is 1. The van der Waals surface area contributed by atoms with Crippen LogP contribution >= 0.6 is 0 Å². The molecule has 0 spiro atoms. The maximum atomic E-state index is 11.4. The predicted octanol–water partition coefficient (Wildman–Crippen LogP) is 0.0839. The van der Waals surface area contributed by atoms with Gasteiger partial charge in [0, 0.05) is 0 Å². The first-order valence-corrected chi connectivity index (χ1v) is 4.92. The van der Waals surface area contributed by atoms with Gasteiger partial charge in [-0.2, -0.15) is 4.68 Å². The Morgan fingerprint density at radius 2 is 2.47 bits per heavy atom. The summed E-state index contributed by atoms with van der Waals surface area (Å²) >= 11 is 0. The number of nitrogens with zero attached hydrogens (tertiary/aromatic N) is 4. The summed E-state index contributed by atoms with van der Waals surface area (Å²) in [6.07, 6.45) is 3.84. The number of hydrogen-bond donors (Lipinski definition) is 1. The van der Waals surface area contributed by atoms with Gasteiger partial charge in [0.05, 0.1) is 5.71 Å². The molecule has 1 fully saturated rings. The molecule has 0 radical (unpaired) electrons. The summed E-state index contributed by atoms with van der Waals surface area (Å²) < 4.78 is 1.33. The molecule has 1 heterocycles. The van der Waals surface area contributed by atoms with E-state index in [1.54, 1.807) is 0 Å². The maximum absolute atomic E-state index is 11.4. The van der Waals surface area contributed by atoms with Crippen molar-refractivity contribution in [3.05, 3.63) is 10.5 Å². The highest BCUT2D eigenvalue weighted by molar-refractivity contribution is 5.88. The van der Waals surface area contributed by atoms with E-state index in [4.69, 9.17) is 4.84 Å². The van der Waals surface area contributed by atoms with Crippen LogP contribution < -0.4 is 5.69 Å². The smallest absolute Gasteiger partial charge is 0.361 e. The van der Waals surface area contributed by atoms with Crippen LogP contribution in [0.3, 0.4) is 0 Å². The summed E-state index contributed by atoms with van der Waals surface area (Å²) in [4.78, 5) is 16.1. The first-order chi connectivity index (χ1) is 7.33. The SMILES string of the molecule is CON=C1CCCCC1n1nn[nH]c1=O. The fraction of sp³-hybridized carbons (Fsp3) is 0.750. The number of aromatic nitrogens is 4. The number of H-pyrrole nitrogens is 1. The van der Waals surface area contributed by atoms with E-state index in [0.717, 1.165) is 31.4 Å². The number of nitrogens with one attached hydrogen (secondary N) is 1. The van der Waals surface area contributed by atoms with E-state index in [2.05, 4.69) is 20.7 Å². The van der Waals surface area contributed by atoms with Crippen LogP contribution in [-0.2, 0) is 4.84 Å². The van der Waals surface area contributed by atoms with Gasteiger partial charge in [-0.15, -0.1) is 0 Å². The molecule has 1 aliphatic rings. The van der Waals surface area contributed by atoms with Gasteiger partial charge in [-0.1, -0.05) is 11.6 Å². The Hall–Kier alpha value is -1.66. The van der Waals surface area contributed by atoms with Gasteiger partial charge >= 0.3 is 5.69 Å². The van der Waals surface area contributed by atoms with Gasteiger partial charge in [-0.25, -0.2) is 9.89 Å².